The summed E-state index contributed by atoms with van der Waals surface area (Å²) in [5.41, 5.74) is 7.74. The highest BCUT2D eigenvalue weighted by molar-refractivity contribution is 5.95. The van der Waals surface area contributed by atoms with Crippen molar-refractivity contribution in [1.82, 2.24) is 9.55 Å². The summed E-state index contributed by atoms with van der Waals surface area (Å²) in [4.78, 5) is 4.70. The van der Waals surface area contributed by atoms with E-state index in [2.05, 4.69) is 55.3 Å². The van der Waals surface area contributed by atoms with Gasteiger partial charge in [0, 0.05) is 29.4 Å². The quantitative estimate of drug-likeness (QED) is 0.384. The highest BCUT2D eigenvalue weighted by atomic mass is 35.5. The van der Waals surface area contributed by atoms with Gasteiger partial charge in [0.15, 0.2) is 0 Å². The second-order valence-electron chi connectivity index (χ2n) is 6.80. The van der Waals surface area contributed by atoms with E-state index < -0.39 is 0 Å². The minimum atomic E-state index is -0.214. The fraction of sp³-hybridized carbons (Fsp3) is 0.125. The Labute approximate surface area is 170 Å². The maximum absolute atomic E-state index is 13.3. The Morgan fingerprint density at radius 2 is 1.68 bits per heavy atom. The molecule has 4 heteroatoms. The Hall–Kier alpha value is -2.91. The Balaban J connectivity index is 0.00000225. The van der Waals surface area contributed by atoms with Gasteiger partial charge >= 0.3 is 0 Å². The van der Waals surface area contributed by atoms with E-state index in [0.29, 0.717) is 6.54 Å². The third-order valence-electron chi connectivity index (χ3n) is 5.22. The lowest BCUT2D eigenvalue weighted by Gasteiger charge is -2.12. The fourth-order valence-electron chi connectivity index (χ4n) is 3.55. The van der Waals surface area contributed by atoms with Gasteiger partial charge in [-0.15, -0.1) is 12.4 Å². The second kappa shape index (κ2) is 7.99. The summed E-state index contributed by atoms with van der Waals surface area (Å²) >= 11 is 0. The third kappa shape index (κ3) is 3.46. The number of rotatable bonds is 4. The van der Waals surface area contributed by atoms with Gasteiger partial charge in [-0.2, -0.15) is 0 Å². The summed E-state index contributed by atoms with van der Waals surface area (Å²) in [5.74, 6) is -0.214. The number of halogens is 2. The van der Waals surface area contributed by atoms with E-state index in [4.69, 9.17) is 4.98 Å². The van der Waals surface area contributed by atoms with E-state index in [-0.39, 0.29) is 18.2 Å². The molecule has 4 aromatic rings. The monoisotopic (exact) mass is 392 g/mol. The van der Waals surface area contributed by atoms with E-state index in [1.807, 2.05) is 24.4 Å². The van der Waals surface area contributed by atoms with Gasteiger partial charge in [0.1, 0.15) is 5.82 Å². The van der Waals surface area contributed by atoms with E-state index in [9.17, 15) is 4.39 Å². The molecular weight excluding hydrogens is 371 g/mol. The molecule has 4 rings (SSSR count). The van der Waals surface area contributed by atoms with Crippen LogP contribution in [0.4, 0.5) is 4.39 Å². The first kappa shape index (κ1) is 19.8. The summed E-state index contributed by atoms with van der Waals surface area (Å²) < 4.78 is 15.6. The molecule has 0 unspecified atom stereocenters. The number of aromatic nitrogens is 2. The van der Waals surface area contributed by atoms with Crippen LogP contribution in [0.5, 0.6) is 0 Å². The van der Waals surface area contributed by atoms with Crippen LogP contribution in [0, 0.1) is 19.7 Å². The van der Waals surface area contributed by atoms with Crippen molar-refractivity contribution in [2.45, 2.75) is 20.4 Å². The number of hydrogen-bond acceptors (Lipinski definition) is 1. The smallest absolute Gasteiger partial charge is 0.123 e. The number of benzene rings is 2. The van der Waals surface area contributed by atoms with Crippen molar-refractivity contribution in [3.05, 3.63) is 95.6 Å². The molecule has 0 radical (unpaired) electrons. The Morgan fingerprint density at radius 1 is 1.00 bits per heavy atom. The lowest BCUT2D eigenvalue weighted by molar-refractivity contribution is 0.626. The van der Waals surface area contributed by atoms with E-state index in [1.54, 1.807) is 0 Å². The van der Waals surface area contributed by atoms with Gasteiger partial charge in [0.05, 0.1) is 11.2 Å². The van der Waals surface area contributed by atoms with Crippen LogP contribution in [0.25, 0.3) is 28.2 Å². The average molecular weight is 393 g/mol. The molecule has 0 spiro atoms. The maximum Gasteiger partial charge on any atom is 0.123 e. The zero-order valence-corrected chi connectivity index (χ0v) is 16.8. The molecule has 0 saturated carbocycles. The van der Waals surface area contributed by atoms with Crippen molar-refractivity contribution in [3.63, 3.8) is 0 Å². The first-order valence-corrected chi connectivity index (χ1v) is 9.00. The number of hydrogen-bond donors (Lipinski definition) is 0. The molecule has 142 valence electrons. The molecule has 2 aromatic heterocycles. The Morgan fingerprint density at radius 3 is 2.32 bits per heavy atom. The van der Waals surface area contributed by atoms with Crippen molar-refractivity contribution in [3.8, 4) is 11.3 Å². The number of nitrogens with zero attached hydrogens (tertiary/aromatic N) is 2. The van der Waals surface area contributed by atoms with Gasteiger partial charge in [0.25, 0.3) is 0 Å². The zero-order chi connectivity index (χ0) is 19.0. The average Bonchev–Trinajstić information content (AvgIpc) is 2.95. The molecular formula is C24H22ClFN2. The van der Waals surface area contributed by atoms with Gasteiger partial charge in [-0.1, -0.05) is 49.1 Å². The minimum Gasteiger partial charge on any atom is -0.338 e. The number of pyridine rings is 1. The topological polar surface area (TPSA) is 17.8 Å². The highest BCUT2D eigenvalue weighted by Crippen LogP contribution is 2.33. The summed E-state index contributed by atoms with van der Waals surface area (Å²) in [5, 5.41) is 1.20. The summed E-state index contributed by atoms with van der Waals surface area (Å²) in [6.45, 7) is 8.77. The Kier molecular flexibility index (Phi) is 5.66. The van der Waals surface area contributed by atoms with Crippen molar-refractivity contribution in [1.29, 1.82) is 0 Å². The molecule has 2 heterocycles. The minimum absolute atomic E-state index is 0. The van der Waals surface area contributed by atoms with Crippen molar-refractivity contribution >= 4 is 29.4 Å². The van der Waals surface area contributed by atoms with Gasteiger partial charge < -0.3 is 4.57 Å². The van der Waals surface area contributed by atoms with Crippen LogP contribution in [0.2, 0.25) is 0 Å². The summed E-state index contributed by atoms with van der Waals surface area (Å²) in [6, 6.07) is 17.0. The molecule has 0 saturated heterocycles. The van der Waals surface area contributed by atoms with Gasteiger partial charge in [-0.25, -0.2) is 4.39 Å². The molecule has 2 aromatic carbocycles. The molecule has 0 fully saturated rings. The lowest BCUT2D eigenvalue weighted by atomic mass is 10.1. The van der Waals surface area contributed by atoms with Crippen molar-refractivity contribution < 1.29 is 4.39 Å². The number of aryl methyl sites for hydroxylation is 1. The van der Waals surface area contributed by atoms with Crippen LogP contribution in [0.3, 0.4) is 0 Å². The lowest BCUT2D eigenvalue weighted by Crippen LogP contribution is -2.03. The fourth-order valence-corrected chi connectivity index (χ4v) is 3.55. The molecule has 0 bridgehead atoms. The van der Waals surface area contributed by atoms with Crippen LogP contribution in [-0.4, -0.2) is 9.55 Å². The van der Waals surface area contributed by atoms with Crippen LogP contribution >= 0.6 is 12.4 Å². The third-order valence-corrected chi connectivity index (χ3v) is 5.22. The normalized spacial score (nSPS) is 10.7. The van der Waals surface area contributed by atoms with E-state index in [0.717, 1.165) is 27.9 Å². The van der Waals surface area contributed by atoms with Crippen LogP contribution in [0.15, 0.2) is 67.4 Å². The van der Waals surface area contributed by atoms with Gasteiger partial charge in [0.2, 0.25) is 0 Å². The zero-order valence-electron chi connectivity index (χ0n) is 15.9. The molecule has 0 atom stereocenters. The molecule has 28 heavy (non-hydrogen) atoms. The van der Waals surface area contributed by atoms with Gasteiger partial charge in [-0.3, -0.25) is 4.98 Å². The van der Waals surface area contributed by atoms with E-state index >= 15 is 0 Å². The maximum atomic E-state index is 13.3. The van der Waals surface area contributed by atoms with Crippen LogP contribution in [0.1, 0.15) is 22.4 Å². The molecule has 0 aliphatic heterocycles. The SMILES string of the molecule is C=Cc1ccc(-c2nccc3c(C)c(C)n(Cc4ccc(F)cc4)c23)cc1.Cl. The van der Waals surface area contributed by atoms with Crippen molar-refractivity contribution in [2.75, 3.05) is 0 Å². The molecule has 0 aliphatic rings. The molecule has 0 N–H and O–H groups in total. The largest absolute Gasteiger partial charge is 0.338 e. The first-order chi connectivity index (χ1) is 13.1. The molecule has 2 nitrogen and oxygen atoms in total. The van der Waals surface area contributed by atoms with E-state index in [1.165, 1.54) is 28.8 Å². The summed E-state index contributed by atoms with van der Waals surface area (Å²) in [7, 11) is 0. The highest BCUT2D eigenvalue weighted by Gasteiger charge is 2.16. The Bertz CT molecular complexity index is 1130. The predicted molar refractivity (Wildman–Crippen MR) is 117 cm³/mol. The van der Waals surface area contributed by atoms with Crippen LogP contribution < -0.4 is 0 Å². The predicted octanol–water partition coefficient (Wildman–Crippen LogP) is 6.57. The van der Waals surface area contributed by atoms with Crippen molar-refractivity contribution in [2.24, 2.45) is 0 Å². The second-order valence-corrected chi connectivity index (χ2v) is 6.80. The number of fused-ring (bicyclic) bond motifs is 1. The van der Waals surface area contributed by atoms with Gasteiger partial charge in [-0.05, 0) is 48.7 Å². The molecule has 0 amide bonds. The standard InChI is InChI=1S/C24H21FN2.ClH/c1-4-18-5-9-20(10-6-18)23-24-22(13-14-26-23)16(2)17(3)27(24)15-19-7-11-21(25)12-8-19;/h4-14H,1,15H2,2-3H3;1H. The molecule has 0 aliphatic carbocycles. The summed E-state index contributed by atoms with van der Waals surface area (Å²) in [6.07, 6.45) is 3.71. The first-order valence-electron chi connectivity index (χ1n) is 9.00. The van der Waals surface area contributed by atoms with Crippen LogP contribution in [-0.2, 0) is 6.54 Å².